The third-order valence-electron chi connectivity index (χ3n) is 1.98. The molecule has 0 aliphatic carbocycles. The van der Waals surface area contributed by atoms with Crippen molar-refractivity contribution < 1.29 is 19.1 Å². The maximum absolute atomic E-state index is 11.4. The molecule has 0 spiro atoms. The quantitative estimate of drug-likeness (QED) is 0.745. The number of ether oxygens (including phenoxy) is 2. The first-order valence-electron chi connectivity index (χ1n) is 5.52. The van der Waals surface area contributed by atoms with Crippen LogP contribution in [0.2, 0.25) is 0 Å². The molecule has 0 bridgehead atoms. The zero-order valence-electron chi connectivity index (χ0n) is 10.7. The molecule has 1 aromatic rings. The smallest absolute Gasteiger partial charge is 0.327 e. The monoisotopic (exact) mass is 255 g/mol. The number of methoxy groups -OCH3 is 1. The number of amides is 1. The number of hydrogen-bond acceptors (Lipinski definition) is 5. The Morgan fingerprint density at radius 2 is 2.22 bits per heavy atom. The Labute approximate surface area is 105 Å². The minimum absolute atomic E-state index is 0.00204. The lowest BCUT2D eigenvalue weighted by Crippen LogP contribution is -2.20. The van der Waals surface area contributed by atoms with Crippen LogP contribution in [-0.4, -0.2) is 41.5 Å². The lowest BCUT2D eigenvalue weighted by atomic mass is 10.4. The van der Waals surface area contributed by atoms with Crippen LogP contribution in [0.4, 0.5) is 5.69 Å². The first-order chi connectivity index (χ1) is 8.51. The van der Waals surface area contributed by atoms with E-state index in [1.54, 1.807) is 6.20 Å². The third kappa shape index (κ3) is 4.96. The van der Waals surface area contributed by atoms with Crippen molar-refractivity contribution >= 4 is 17.6 Å². The van der Waals surface area contributed by atoms with Crippen molar-refractivity contribution in [1.29, 1.82) is 0 Å². The van der Waals surface area contributed by atoms with E-state index in [9.17, 15) is 9.59 Å². The van der Waals surface area contributed by atoms with Gasteiger partial charge in [-0.15, -0.1) is 0 Å². The molecule has 1 N–H and O–H groups in total. The van der Waals surface area contributed by atoms with Crippen molar-refractivity contribution in [3.63, 3.8) is 0 Å². The highest BCUT2D eigenvalue weighted by molar-refractivity contribution is 5.91. The van der Waals surface area contributed by atoms with Crippen LogP contribution in [-0.2, 0) is 25.6 Å². The molecule has 100 valence electrons. The molecular weight excluding hydrogens is 238 g/mol. The summed E-state index contributed by atoms with van der Waals surface area (Å²) < 4.78 is 11.0. The molecular formula is C11H17N3O4. The van der Waals surface area contributed by atoms with E-state index in [0.717, 1.165) is 0 Å². The van der Waals surface area contributed by atoms with Crippen LogP contribution in [0.5, 0.6) is 0 Å². The Kier molecular flexibility index (Phi) is 5.31. The third-order valence-corrected chi connectivity index (χ3v) is 1.98. The molecule has 0 saturated carbocycles. The second-order valence-corrected chi connectivity index (χ2v) is 3.91. The molecule has 0 aliphatic rings. The summed E-state index contributed by atoms with van der Waals surface area (Å²) in [4.78, 5) is 22.4. The topological polar surface area (TPSA) is 82.5 Å². The van der Waals surface area contributed by atoms with Gasteiger partial charge in [0.1, 0.15) is 13.2 Å². The SMILES string of the molecule is COC(=O)Cn1cc(NC(=O)COC(C)C)cn1. The van der Waals surface area contributed by atoms with Gasteiger partial charge in [-0.2, -0.15) is 5.10 Å². The van der Waals surface area contributed by atoms with Gasteiger partial charge >= 0.3 is 5.97 Å². The van der Waals surface area contributed by atoms with Gasteiger partial charge in [-0.05, 0) is 13.8 Å². The van der Waals surface area contributed by atoms with Gasteiger partial charge in [0.2, 0.25) is 5.91 Å². The van der Waals surface area contributed by atoms with E-state index in [1.807, 2.05) is 13.8 Å². The van der Waals surface area contributed by atoms with E-state index < -0.39 is 5.97 Å². The highest BCUT2D eigenvalue weighted by atomic mass is 16.5. The fourth-order valence-electron chi connectivity index (χ4n) is 1.15. The Bertz CT molecular complexity index is 414. The average molecular weight is 255 g/mol. The van der Waals surface area contributed by atoms with Gasteiger partial charge in [0.15, 0.2) is 0 Å². The first-order valence-corrected chi connectivity index (χ1v) is 5.52. The van der Waals surface area contributed by atoms with Crippen molar-refractivity contribution in [3.8, 4) is 0 Å². The van der Waals surface area contributed by atoms with Gasteiger partial charge < -0.3 is 14.8 Å². The molecule has 0 aromatic carbocycles. The Hall–Kier alpha value is -1.89. The second-order valence-electron chi connectivity index (χ2n) is 3.91. The molecule has 1 aromatic heterocycles. The van der Waals surface area contributed by atoms with Gasteiger partial charge in [0, 0.05) is 6.20 Å². The summed E-state index contributed by atoms with van der Waals surface area (Å²) in [6, 6.07) is 0. The highest BCUT2D eigenvalue weighted by Gasteiger charge is 2.07. The summed E-state index contributed by atoms with van der Waals surface area (Å²) in [7, 11) is 1.30. The van der Waals surface area contributed by atoms with E-state index >= 15 is 0 Å². The summed E-state index contributed by atoms with van der Waals surface area (Å²) in [5.74, 6) is -0.666. The summed E-state index contributed by atoms with van der Waals surface area (Å²) in [5.41, 5.74) is 0.510. The van der Waals surface area contributed by atoms with Gasteiger partial charge in [-0.3, -0.25) is 14.3 Å². The molecule has 1 rings (SSSR count). The number of esters is 1. The Morgan fingerprint density at radius 1 is 1.50 bits per heavy atom. The van der Waals surface area contributed by atoms with Crippen molar-refractivity contribution in [2.75, 3.05) is 19.0 Å². The standard InChI is InChI=1S/C11H17N3O4/c1-8(2)18-7-10(15)13-9-4-12-14(5-9)6-11(16)17-3/h4-5,8H,6-7H2,1-3H3,(H,13,15). The van der Waals surface area contributed by atoms with Crippen LogP contribution < -0.4 is 5.32 Å². The second kappa shape index (κ2) is 6.75. The minimum Gasteiger partial charge on any atom is -0.468 e. The molecule has 0 fully saturated rings. The molecule has 7 nitrogen and oxygen atoms in total. The molecule has 0 unspecified atom stereocenters. The first kappa shape index (κ1) is 14.2. The lowest BCUT2D eigenvalue weighted by molar-refractivity contribution is -0.141. The van der Waals surface area contributed by atoms with Gasteiger partial charge in [0.05, 0.1) is 25.1 Å². The number of anilines is 1. The van der Waals surface area contributed by atoms with Crippen LogP contribution in [0.25, 0.3) is 0 Å². The van der Waals surface area contributed by atoms with E-state index in [0.29, 0.717) is 5.69 Å². The van der Waals surface area contributed by atoms with Crippen LogP contribution >= 0.6 is 0 Å². The van der Waals surface area contributed by atoms with E-state index in [1.165, 1.54) is 18.0 Å². The highest BCUT2D eigenvalue weighted by Crippen LogP contribution is 2.05. The number of nitrogens with one attached hydrogen (secondary N) is 1. The van der Waals surface area contributed by atoms with Crippen molar-refractivity contribution in [2.45, 2.75) is 26.5 Å². The van der Waals surface area contributed by atoms with Crippen molar-refractivity contribution in [2.24, 2.45) is 0 Å². The fourth-order valence-corrected chi connectivity index (χ4v) is 1.15. The number of carbonyl (C=O) groups is 2. The average Bonchev–Trinajstić information content (AvgIpc) is 2.73. The number of nitrogens with zero attached hydrogens (tertiary/aromatic N) is 2. The molecule has 7 heteroatoms. The predicted octanol–water partition coefficient (Wildman–Crippen LogP) is 0.420. The molecule has 0 aliphatic heterocycles. The summed E-state index contributed by atoms with van der Waals surface area (Å²) in [5, 5.41) is 6.52. The Morgan fingerprint density at radius 3 is 2.83 bits per heavy atom. The number of aromatic nitrogens is 2. The predicted molar refractivity (Wildman–Crippen MR) is 64.0 cm³/mol. The van der Waals surface area contributed by atoms with E-state index in [2.05, 4.69) is 15.2 Å². The number of hydrogen-bond donors (Lipinski definition) is 1. The molecule has 0 atom stereocenters. The minimum atomic E-state index is -0.404. The summed E-state index contributed by atoms with van der Waals surface area (Å²) >= 11 is 0. The molecule has 1 heterocycles. The Balaban J connectivity index is 2.43. The van der Waals surface area contributed by atoms with E-state index in [4.69, 9.17) is 4.74 Å². The maximum Gasteiger partial charge on any atom is 0.327 e. The van der Waals surface area contributed by atoms with Crippen LogP contribution in [0, 0.1) is 0 Å². The largest absolute Gasteiger partial charge is 0.468 e. The van der Waals surface area contributed by atoms with Gasteiger partial charge in [0.25, 0.3) is 0 Å². The van der Waals surface area contributed by atoms with Crippen molar-refractivity contribution in [1.82, 2.24) is 9.78 Å². The van der Waals surface area contributed by atoms with E-state index in [-0.39, 0.29) is 25.2 Å². The molecule has 1 amide bonds. The normalized spacial score (nSPS) is 10.4. The van der Waals surface area contributed by atoms with Gasteiger partial charge in [-0.25, -0.2) is 0 Å². The molecule has 0 radical (unpaired) electrons. The number of rotatable bonds is 6. The zero-order valence-corrected chi connectivity index (χ0v) is 10.7. The summed E-state index contributed by atoms with van der Waals surface area (Å²) in [6.07, 6.45) is 3.00. The van der Waals surface area contributed by atoms with Crippen LogP contribution in [0.3, 0.4) is 0 Å². The lowest BCUT2D eigenvalue weighted by Gasteiger charge is -2.06. The van der Waals surface area contributed by atoms with Crippen LogP contribution in [0.1, 0.15) is 13.8 Å². The molecule has 0 saturated heterocycles. The number of carbonyl (C=O) groups excluding carboxylic acids is 2. The molecule has 18 heavy (non-hydrogen) atoms. The van der Waals surface area contributed by atoms with Gasteiger partial charge in [-0.1, -0.05) is 0 Å². The maximum atomic E-state index is 11.4. The van der Waals surface area contributed by atoms with Crippen molar-refractivity contribution in [3.05, 3.63) is 12.4 Å². The van der Waals surface area contributed by atoms with Crippen LogP contribution in [0.15, 0.2) is 12.4 Å². The zero-order chi connectivity index (χ0) is 13.5. The fraction of sp³-hybridized carbons (Fsp3) is 0.545. The summed E-state index contributed by atoms with van der Waals surface area (Å²) in [6.45, 7) is 3.69.